The Kier molecular flexibility index (Phi) is 8.39. The van der Waals surface area contributed by atoms with Gasteiger partial charge in [0.05, 0.1) is 6.73 Å². The Morgan fingerprint density at radius 2 is 2.17 bits per heavy atom. The average molecular weight is 173 g/mol. The van der Waals surface area contributed by atoms with Gasteiger partial charge in [-0.05, 0) is 0 Å². The van der Waals surface area contributed by atoms with Gasteiger partial charge in [0.25, 0.3) is 0 Å². The smallest absolute Gasteiger partial charge is 0.143 e. The summed E-state index contributed by atoms with van der Waals surface area (Å²) in [5.41, 5.74) is 0. The molecule has 0 spiro atoms. The van der Waals surface area contributed by atoms with E-state index in [1.807, 2.05) is 0 Å². The summed E-state index contributed by atoms with van der Waals surface area (Å²) >= 11 is 0. The predicted molar refractivity (Wildman–Crippen MR) is 51.7 cm³/mol. The Morgan fingerprint density at radius 1 is 1.42 bits per heavy atom. The summed E-state index contributed by atoms with van der Waals surface area (Å²) in [7, 11) is 0. The number of aliphatic hydroxyl groups is 1. The maximum absolute atomic E-state index is 8.46. The summed E-state index contributed by atoms with van der Waals surface area (Å²) in [6.07, 6.45) is 4.41. The van der Waals surface area contributed by atoms with Crippen LogP contribution >= 0.6 is 0 Å². The molecule has 72 valence electrons. The van der Waals surface area contributed by atoms with Crippen LogP contribution in [0.1, 0.15) is 26.7 Å². The fourth-order valence-corrected chi connectivity index (χ4v) is 1.14. The number of nitrogens with one attached hydrogen (secondary N) is 1. The second-order valence-corrected chi connectivity index (χ2v) is 2.81. The van der Waals surface area contributed by atoms with E-state index in [1.54, 1.807) is 0 Å². The Morgan fingerprint density at radius 3 is 2.67 bits per heavy atom. The van der Waals surface area contributed by atoms with Crippen LogP contribution in [-0.2, 0) is 0 Å². The van der Waals surface area contributed by atoms with E-state index in [2.05, 4.69) is 30.0 Å². The molecule has 0 saturated heterocycles. The third kappa shape index (κ3) is 6.31. The molecule has 0 fully saturated rings. The maximum Gasteiger partial charge on any atom is 0.143 e. The van der Waals surface area contributed by atoms with Gasteiger partial charge in [0.15, 0.2) is 0 Å². The average Bonchev–Trinajstić information content (AvgIpc) is 2.10. The van der Waals surface area contributed by atoms with Crippen molar-refractivity contribution < 1.29 is 9.68 Å². The number of rotatable bonds is 7. The minimum absolute atomic E-state index is 0.0869. The van der Waals surface area contributed by atoms with E-state index in [9.17, 15) is 0 Å². The summed E-state index contributed by atoms with van der Waals surface area (Å²) in [4.78, 5) is 0. The van der Waals surface area contributed by atoms with Crippen molar-refractivity contribution in [2.75, 3.05) is 26.4 Å². The fourth-order valence-electron chi connectivity index (χ4n) is 1.14. The molecule has 12 heavy (non-hydrogen) atoms. The van der Waals surface area contributed by atoms with Crippen LogP contribution in [0.4, 0.5) is 0 Å². The molecule has 3 heteroatoms. The molecule has 0 bridgehead atoms. The van der Waals surface area contributed by atoms with Gasteiger partial charge < -0.3 is 5.11 Å². The molecule has 2 N–H and O–H groups in total. The SMILES string of the molecule is C/C=[N+](/CCC)CCCNCO. The van der Waals surface area contributed by atoms with E-state index in [0.29, 0.717) is 0 Å². The lowest BCUT2D eigenvalue weighted by molar-refractivity contribution is -0.524. The Bertz CT molecular complexity index is 124. The minimum Gasteiger partial charge on any atom is -0.381 e. The highest BCUT2D eigenvalue weighted by Gasteiger charge is 1.99. The zero-order valence-electron chi connectivity index (χ0n) is 8.21. The Labute approximate surface area is 75.1 Å². The van der Waals surface area contributed by atoms with Gasteiger partial charge >= 0.3 is 0 Å². The molecule has 0 radical (unpaired) electrons. The second kappa shape index (κ2) is 8.68. The highest BCUT2D eigenvalue weighted by atomic mass is 16.3. The van der Waals surface area contributed by atoms with Gasteiger partial charge in [-0.3, -0.25) is 5.32 Å². The molecular weight excluding hydrogens is 152 g/mol. The zero-order chi connectivity index (χ0) is 9.23. The fraction of sp³-hybridized carbons (Fsp3) is 0.889. The van der Waals surface area contributed by atoms with Crippen molar-refractivity contribution in [3.05, 3.63) is 0 Å². The summed E-state index contributed by atoms with van der Waals surface area (Å²) in [6.45, 7) is 7.44. The van der Waals surface area contributed by atoms with Crippen LogP contribution in [0, 0.1) is 0 Å². The number of hydrogen-bond donors (Lipinski definition) is 2. The molecule has 0 aromatic carbocycles. The standard InChI is InChI=1S/C9H21N2O/c1-3-7-11(4-2)8-5-6-10-9-12/h4,10,12H,3,5-9H2,1-2H3/q+1/b11-4-. The van der Waals surface area contributed by atoms with E-state index < -0.39 is 0 Å². The zero-order valence-corrected chi connectivity index (χ0v) is 8.21. The largest absolute Gasteiger partial charge is 0.381 e. The van der Waals surface area contributed by atoms with Crippen LogP contribution in [0.3, 0.4) is 0 Å². The summed E-state index contributed by atoms with van der Waals surface area (Å²) in [5, 5.41) is 11.3. The second-order valence-electron chi connectivity index (χ2n) is 2.81. The molecule has 0 rings (SSSR count). The summed E-state index contributed by atoms with van der Waals surface area (Å²) < 4.78 is 2.30. The monoisotopic (exact) mass is 173 g/mol. The predicted octanol–water partition coefficient (Wildman–Crippen LogP) is 0.429. The van der Waals surface area contributed by atoms with Gasteiger partial charge in [0, 0.05) is 26.3 Å². The Balaban J connectivity index is 3.33. The molecule has 0 saturated carbocycles. The quantitative estimate of drug-likeness (QED) is 0.253. The van der Waals surface area contributed by atoms with Crippen LogP contribution in [-0.4, -0.2) is 42.3 Å². The van der Waals surface area contributed by atoms with Crippen LogP contribution in [0.2, 0.25) is 0 Å². The molecule has 0 aromatic rings. The lowest BCUT2D eigenvalue weighted by Crippen LogP contribution is -2.22. The van der Waals surface area contributed by atoms with Crippen LogP contribution in [0.15, 0.2) is 0 Å². The van der Waals surface area contributed by atoms with Gasteiger partial charge in [-0.1, -0.05) is 6.92 Å². The maximum atomic E-state index is 8.46. The van der Waals surface area contributed by atoms with Gasteiger partial charge in [0.2, 0.25) is 0 Å². The molecule has 0 aliphatic carbocycles. The number of nitrogens with zero attached hydrogens (tertiary/aromatic N) is 1. The normalized spacial score (nSPS) is 12.1. The summed E-state index contributed by atoms with van der Waals surface area (Å²) in [5.74, 6) is 0. The van der Waals surface area contributed by atoms with Crippen LogP contribution in [0.5, 0.6) is 0 Å². The lowest BCUT2D eigenvalue weighted by Gasteiger charge is -2.01. The van der Waals surface area contributed by atoms with E-state index >= 15 is 0 Å². The van der Waals surface area contributed by atoms with E-state index in [1.165, 1.54) is 6.42 Å². The van der Waals surface area contributed by atoms with Crippen molar-refractivity contribution in [3.63, 3.8) is 0 Å². The van der Waals surface area contributed by atoms with Gasteiger partial charge in [-0.15, -0.1) is 0 Å². The van der Waals surface area contributed by atoms with E-state index in [-0.39, 0.29) is 6.73 Å². The lowest BCUT2D eigenvalue weighted by atomic mass is 10.4. The molecule has 0 aromatic heterocycles. The van der Waals surface area contributed by atoms with E-state index in [0.717, 1.165) is 26.1 Å². The van der Waals surface area contributed by atoms with Crippen molar-refractivity contribution in [2.45, 2.75) is 26.7 Å². The minimum atomic E-state index is 0.0869. The molecule has 0 atom stereocenters. The third-order valence-corrected chi connectivity index (χ3v) is 1.79. The van der Waals surface area contributed by atoms with Gasteiger partial charge in [-0.25, -0.2) is 4.58 Å². The van der Waals surface area contributed by atoms with E-state index in [4.69, 9.17) is 5.11 Å². The Hall–Kier alpha value is -0.410. The molecule has 0 aliphatic rings. The topological polar surface area (TPSA) is 35.3 Å². The molecule has 3 nitrogen and oxygen atoms in total. The molecule has 0 heterocycles. The first-order valence-electron chi connectivity index (χ1n) is 4.70. The highest BCUT2D eigenvalue weighted by molar-refractivity contribution is 5.46. The molecule has 0 aliphatic heterocycles. The van der Waals surface area contributed by atoms with Crippen molar-refractivity contribution in [1.29, 1.82) is 0 Å². The number of aliphatic hydroxyl groups excluding tert-OH is 1. The van der Waals surface area contributed by atoms with Gasteiger partial charge in [0.1, 0.15) is 19.3 Å². The van der Waals surface area contributed by atoms with Crippen molar-refractivity contribution in [3.8, 4) is 0 Å². The highest BCUT2D eigenvalue weighted by Crippen LogP contribution is 1.84. The van der Waals surface area contributed by atoms with Crippen molar-refractivity contribution >= 4 is 6.21 Å². The number of hydrogen-bond acceptors (Lipinski definition) is 2. The molecular formula is C9H21N2O+. The first-order chi connectivity index (χ1) is 5.85. The van der Waals surface area contributed by atoms with Crippen LogP contribution < -0.4 is 5.32 Å². The van der Waals surface area contributed by atoms with Crippen molar-refractivity contribution in [1.82, 2.24) is 5.32 Å². The van der Waals surface area contributed by atoms with Crippen molar-refractivity contribution in [2.24, 2.45) is 0 Å². The van der Waals surface area contributed by atoms with Crippen LogP contribution in [0.25, 0.3) is 0 Å². The van der Waals surface area contributed by atoms with Gasteiger partial charge in [-0.2, -0.15) is 0 Å². The first kappa shape index (κ1) is 11.6. The molecule has 0 unspecified atom stereocenters. The first-order valence-corrected chi connectivity index (χ1v) is 4.70. The third-order valence-electron chi connectivity index (χ3n) is 1.79. The molecule has 0 amide bonds. The summed E-state index contributed by atoms with van der Waals surface area (Å²) in [6, 6.07) is 0.